The molecule has 30 heavy (non-hydrogen) atoms. The molecule has 0 amide bonds. The van der Waals surface area contributed by atoms with Gasteiger partial charge in [-0.25, -0.2) is 0 Å². The molecule has 0 bridgehead atoms. The van der Waals surface area contributed by atoms with E-state index in [9.17, 15) is 9.59 Å². The van der Waals surface area contributed by atoms with Crippen LogP contribution in [0.2, 0.25) is 0 Å². The van der Waals surface area contributed by atoms with Crippen molar-refractivity contribution in [1.82, 2.24) is 0 Å². The molecule has 0 N–H and O–H groups in total. The average Bonchev–Trinajstić information content (AvgIpc) is 2.73. The zero-order chi connectivity index (χ0) is 22.0. The highest BCUT2D eigenvalue weighted by Crippen LogP contribution is 2.43. The van der Waals surface area contributed by atoms with Crippen molar-refractivity contribution in [2.45, 2.75) is 53.4 Å². The first kappa shape index (κ1) is 22.1. The summed E-state index contributed by atoms with van der Waals surface area (Å²) < 4.78 is 0. The second-order valence-electron chi connectivity index (χ2n) is 8.10. The van der Waals surface area contributed by atoms with Crippen LogP contribution < -0.4 is 9.80 Å². The monoisotopic (exact) mass is 406 g/mol. The molecule has 2 aromatic carbocycles. The van der Waals surface area contributed by atoms with Gasteiger partial charge in [0.15, 0.2) is 11.6 Å². The Morgan fingerprint density at radius 3 is 1.23 bits per heavy atom. The number of carbonyl (C=O) groups is 2. The molecule has 0 aromatic heterocycles. The van der Waals surface area contributed by atoms with E-state index < -0.39 is 11.8 Å². The van der Waals surface area contributed by atoms with E-state index in [1.165, 1.54) is 0 Å². The molecule has 0 spiro atoms. The van der Waals surface area contributed by atoms with Crippen LogP contribution in [0.15, 0.2) is 36.4 Å². The summed E-state index contributed by atoms with van der Waals surface area (Å²) in [7, 11) is 0. The van der Waals surface area contributed by atoms with Gasteiger partial charge in [0.25, 0.3) is 0 Å². The number of hydrogen-bond acceptors (Lipinski definition) is 4. The van der Waals surface area contributed by atoms with Crippen LogP contribution in [0.25, 0.3) is 0 Å². The minimum atomic E-state index is -0.623. The van der Waals surface area contributed by atoms with Gasteiger partial charge in [-0.3, -0.25) is 9.59 Å². The smallest absolute Gasteiger partial charge is 0.162 e. The van der Waals surface area contributed by atoms with Gasteiger partial charge >= 0.3 is 0 Å². The predicted molar refractivity (Wildman–Crippen MR) is 125 cm³/mol. The Morgan fingerprint density at radius 1 is 0.633 bits per heavy atom. The molecule has 1 saturated carbocycles. The quantitative estimate of drug-likeness (QED) is 0.578. The fraction of sp³-hybridized carbons (Fsp3) is 0.462. The van der Waals surface area contributed by atoms with Crippen LogP contribution in [-0.4, -0.2) is 37.7 Å². The molecule has 4 nitrogen and oxygen atoms in total. The van der Waals surface area contributed by atoms with Crippen LogP contribution in [0.1, 0.15) is 61.8 Å². The number of hydrogen-bond donors (Lipinski definition) is 0. The molecule has 1 aliphatic carbocycles. The van der Waals surface area contributed by atoms with Gasteiger partial charge in [0.1, 0.15) is 11.8 Å². The normalized spacial score (nSPS) is 18.3. The summed E-state index contributed by atoms with van der Waals surface area (Å²) in [6.07, 6.45) is 0. The largest absolute Gasteiger partial charge is 0.372 e. The summed E-state index contributed by atoms with van der Waals surface area (Å²) in [5.41, 5.74) is 6.01. The lowest BCUT2D eigenvalue weighted by molar-refractivity contribution is -0.142. The van der Waals surface area contributed by atoms with Crippen molar-refractivity contribution in [3.8, 4) is 0 Å². The fourth-order valence-electron chi connectivity index (χ4n) is 4.67. The third kappa shape index (κ3) is 3.76. The van der Waals surface area contributed by atoms with Crippen molar-refractivity contribution in [3.05, 3.63) is 58.7 Å². The van der Waals surface area contributed by atoms with E-state index in [-0.39, 0.29) is 11.6 Å². The van der Waals surface area contributed by atoms with Gasteiger partial charge in [-0.1, -0.05) is 12.1 Å². The van der Waals surface area contributed by atoms with Crippen LogP contribution in [0.3, 0.4) is 0 Å². The van der Waals surface area contributed by atoms with Crippen molar-refractivity contribution in [2.24, 2.45) is 0 Å². The molecular formula is C26H34N2O2. The third-order valence-electron chi connectivity index (χ3n) is 6.52. The Kier molecular flexibility index (Phi) is 6.64. The summed E-state index contributed by atoms with van der Waals surface area (Å²) in [6, 6.07) is 12.2. The van der Waals surface area contributed by atoms with E-state index in [0.717, 1.165) is 59.8 Å². The molecule has 0 aliphatic heterocycles. The molecule has 0 saturated heterocycles. The SMILES string of the molecule is CCN(CC)c1ccc(C2C(=O)C(c3ccc(N(CC)CC)cc3C)C2=O)c(C)c1. The van der Waals surface area contributed by atoms with Gasteiger partial charge in [0.2, 0.25) is 0 Å². The predicted octanol–water partition coefficient (Wildman–Crippen LogP) is 5.02. The molecule has 0 radical (unpaired) electrons. The molecule has 2 aromatic rings. The topological polar surface area (TPSA) is 40.6 Å². The van der Waals surface area contributed by atoms with Gasteiger partial charge in [-0.15, -0.1) is 0 Å². The Hall–Kier alpha value is -2.62. The number of anilines is 2. The highest BCUT2D eigenvalue weighted by atomic mass is 16.2. The number of ketones is 2. The minimum absolute atomic E-state index is 0.0254. The summed E-state index contributed by atoms with van der Waals surface area (Å²) in [6.45, 7) is 16.2. The van der Waals surface area contributed by atoms with E-state index in [0.29, 0.717) is 0 Å². The highest BCUT2D eigenvalue weighted by molar-refractivity contribution is 6.31. The molecule has 4 heteroatoms. The maximum Gasteiger partial charge on any atom is 0.162 e. The first-order chi connectivity index (χ1) is 14.4. The van der Waals surface area contributed by atoms with Crippen molar-refractivity contribution >= 4 is 22.9 Å². The summed E-state index contributed by atoms with van der Waals surface area (Å²) in [4.78, 5) is 30.7. The number of nitrogens with zero attached hydrogens (tertiary/aromatic N) is 2. The van der Waals surface area contributed by atoms with Gasteiger partial charge in [0.05, 0.1) is 0 Å². The summed E-state index contributed by atoms with van der Waals surface area (Å²) in [5.74, 6) is -1.19. The van der Waals surface area contributed by atoms with E-state index in [4.69, 9.17) is 0 Å². The Labute approximate surface area is 180 Å². The highest BCUT2D eigenvalue weighted by Gasteiger charge is 2.51. The molecule has 160 valence electrons. The van der Waals surface area contributed by atoms with Crippen LogP contribution in [0.4, 0.5) is 11.4 Å². The van der Waals surface area contributed by atoms with Crippen molar-refractivity contribution in [1.29, 1.82) is 0 Å². The Morgan fingerprint density at radius 2 is 0.967 bits per heavy atom. The van der Waals surface area contributed by atoms with E-state index >= 15 is 0 Å². The van der Waals surface area contributed by atoms with Crippen molar-refractivity contribution in [2.75, 3.05) is 36.0 Å². The van der Waals surface area contributed by atoms with E-state index in [1.54, 1.807) is 0 Å². The Bertz CT molecular complexity index is 853. The van der Waals surface area contributed by atoms with Crippen LogP contribution >= 0.6 is 0 Å². The average molecular weight is 407 g/mol. The maximum atomic E-state index is 13.1. The summed E-state index contributed by atoms with van der Waals surface area (Å²) in [5, 5.41) is 0. The lowest BCUT2D eigenvalue weighted by Crippen LogP contribution is -2.45. The second-order valence-corrected chi connectivity index (χ2v) is 8.10. The van der Waals surface area contributed by atoms with Gasteiger partial charge in [-0.05, 0) is 88.1 Å². The Balaban J connectivity index is 1.84. The first-order valence-electron chi connectivity index (χ1n) is 11.2. The molecule has 0 atom stereocenters. The van der Waals surface area contributed by atoms with Crippen molar-refractivity contribution in [3.63, 3.8) is 0 Å². The lowest BCUT2D eigenvalue weighted by Gasteiger charge is -2.35. The van der Waals surface area contributed by atoms with Crippen LogP contribution in [0.5, 0.6) is 0 Å². The lowest BCUT2D eigenvalue weighted by atomic mass is 9.64. The molecule has 0 heterocycles. The zero-order valence-electron chi connectivity index (χ0n) is 19.2. The molecule has 0 unspecified atom stereocenters. The molecule has 3 rings (SSSR count). The number of aryl methyl sites for hydroxylation is 2. The second kappa shape index (κ2) is 9.03. The standard InChI is InChI=1S/C26H34N2O2/c1-7-27(8-2)19-11-13-21(17(5)15-19)23-25(29)24(26(23)30)22-14-12-20(16-18(22)6)28(9-3)10-4/h11-16,23-24H,7-10H2,1-6H3. The number of benzene rings is 2. The number of carbonyl (C=O) groups excluding carboxylic acids is 2. The van der Waals surface area contributed by atoms with Crippen molar-refractivity contribution < 1.29 is 9.59 Å². The third-order valence-corrected chi connectivity index (χ3v) is 6.52. The molecular weight excluding hydrogens is 372 g/mol. The first-order valence-corrected chi connectivity index (χ1v) is 11.2. The van der Waals surface area contributed by atoms with Gasteiger partial charge in [-0.2, -0.15) is 0 Å². The number of rotatable bonds is 8. The van der Waals surface area contributed by atoms with E-state index in [1.807, 2.05) is 38.1 Å². The zero-order valence-corrected chi connectivity index (χ0v) is 19.2. The molecule has 1 fully saturated rings. The summed E-state index contributed by atoms with van der Waals surface area (Å²) >= 11 is 0. The number of Topliss-reactive ketones (excluding diaryl/α,β-unsaturated/α-hetero) is 2. The molecule has 1 aliphatic rings. The van der Waals surface area contributed by atoms with Gasteiger partial charge in [0, 0.05) is 37.6 Å². The van der Waals surface area contributed by atoms with E-state index in [2.05, 4.69) is 49.6 Å². The van der Waals surface area contributed by atoms with Gasteiger partial charge < -0.3 is 9.80 Å². The van der Waals surface area contributed by atoms with Crippen LogP contribution in [0, 0.1) is 13.8 Å². The van der Waals surface area contributed by atoms with Crippen LogP contribution in [-0.2, 0) is 9.59 Å². The maximum absolute atomic E-state index is 13.1. The minimum Gasteiger partial charge on any atom is -0.372 e. The fourth-order valence-corrected chi connectivity index (χ4v) is 4.67.